The first-order chi connectivity index (χ1) is 9.13. The molecule has 0 heterocycles. The molecule has 0 aromatic rings. The quantitative estimate of drug-likeness (QED) is 0.678. The third kappa shape index (κ3) is 17.6. The highest BCUT2D eigenvalue weighted by Crippen LogP contribution is 2.10. The summed E-state index contributed by atoms with van der Waals surface area (Å²) >= 11 is 3.44. The third-order valence-electron chi connectivity index (χ3n) is 1.96. The Morgan fingerprint density at radius 1 is 1.26 bits per heavy atom. The van der Waals surface area contributed by atoms with E-state index in [4.69, 9.17) is 5.11 Å². The molecular formula is C16H32BrNO. The maximum atomic E-state index is 8.84. The summed E-state index contributed by atoms with van der Waals surface area (Å²) in [7, 11) is 0. The highest BCUT2D eigenvalue weighted by molar-refractivity contribution is 9.11. The van der Waals surface area contributed by atoms with Crippen LogP contribution < -0.4 is 0 Å². The molecule has 0 spiro atoms. The third-order valence-corrected chi connectivity index (χ3v) is 2.45. The average molecular weight is 334 g/mol. The Morgan fingerprint density at radius 3 is 2.16 bits per heavy atom. The molecule has 0 aliphatic heterocycles. The fourth-order valence-electron chi connectivity index (χ4n) is 1.23. The van der Waals surface area contributed by atoms with Gasteiger partial charge in [0.1, 0.15) is 0 Å². The van der Waals surface area contributed by atoms with Crippen molar-refractivity contribution < 1.29 is 5.11 Å². The van der Waals surface area contributed by atoms with E-state index < -0.39 is 0 Å². The van der Waals surface area contributed by atoms with E-state index in [0.29, 0.717) is 6.54 Å². The standard InChI is InChI=1S/C12H20BrNO.2C2H6/c1-4-6-12(13)9-11(3)10-14(5-2)7-8-15;2*1-2/h4,6,9,15H,3,5,7-8,10H2,1-2H3;2*1-2H3/b6-4-,12-9+;;. The molecule has 0 rings (SSSR count). The zero-order valence-electron chi connectivity index (χ0n) is 13.5. The monoisotopic (exact) mass is 333 g/mol. The first-order valence-electron chi connectivity index (χ1n) is 7.14. The maximum absolute atomic E-state index is 8.84. The number of rotatable bonds is 7. The van der Waals surface area contributed by atoms with Crippen LogP contribution in [0.3, 0.4) is 0 Å². The van der Waals surface area contributed by atoms with Crippen molar-refractivity contribution in [2.24, 2.45) is 0 Å². The molecule has 0 saturated heterocycles. The minimum atomic E-state index is 0.195. The molecule has 0 amide bonds. The summed E-state index contributed by atoms with van der Waals surface area (Å²) in [6.07, 6.45) is 5.95. The van der Waals surface area contributed by atoms with E-state index in [2.05, 4.69) is 34.3 Å². The highest BCUT2D eigenvalue weighted by atomic mass is 79.9. The lowest BCUT2D eigenvalue weighted by Crippen LogP contribution is -2.28. The largest absolute Gasteiger partial charge is 0.395 e. The van der Waals surface area contributed by atoms with Gasteiger partial charge in [0, 0.05) is 17.6 Å². The van der Waals surface area contributed by atoms with Crippen molar-refractivity contribution in [3.05, 3.63) is 34.9 Å². The fourth-order valence-corrected chi connectivity index (χ4v) is 1.81. The normalized spacial score (nSPS) is 10.7. The number of halogens is 1. The summed E-state index contributed by atoms with van der Waals surface area (Å²) in [5.74, 6) is 0. The van der Waals surface area contributed by atoms with E-state index in [1.807, 2.05) is 52.8 Å². The fraction of sp³-hybridized carbons (Fsp3) is 0.625. The van der Waals surface area contributed by atoms with E-state index in [0.717, 1.165) is 23.1 Å². The van der Waals surface area contributed by atoms with Crippen molar-refractivity contribution in [1.29, 1.82) is 0 Å². The second-order valence-electron chi connectivity index (χ2n) is 3.28. The van der Waals surface area contributed by atoms with Crippen LogP contribution in [0.15, 0.2) is 34.9 Å². The molecule has 0 bridgehead atoms. The first kappa shape index (κ1) is 23.7. The number of aliphatic hydroxyl groups excluding tert-OH is 1. The van der Waals surface area contributed by atoms with Crippen molar-refractivity contribution in [2.45, 2.75) is 41.5 Å². The van der Waals surface area contributed by atoms with Crippen LogP contribution in [0.4, 0.5) is 0 Å². The minimum Gasteiger partial charge on any atom is -0.395 e. The molecule has 0 aliphatic rings. The van der Waals surface area contributed by atoms with Crippen LogP contribution in [-0.4, -0.2) is 36.2 Å². The molecule has 0 aliphatic carbocycles. The van der Waals surface area contributed by atoms with Gasteiger partial charge in [-0.2, -0.15) is 0 Å². The van der Waals surface area contributed by atoms with Gasteiger partial charge in [-0.25, -0.2) is 0 Å². The molecule has 0 fully saturated rings. The molecule has 114 valence electrons. The summed E-state index contributed by atoms with van der Waals surface area (Å²) in [5, 5.41) is 8.84. The van der Waals surface area contributed by atoms with Gasteiger partial charge in [0.15, 0.2) is 0 Å². The summed E-state index contributed by atoms with van der Waals surface area (Å²) in [4.78, 5) is 2.15. The molecule has 0 radical (unpaired) electrons. The van der Waals surface area contributed by atoms with E-state index in [1.165, 1.54) is 0 Å². The van der Waals surface area contributed by atoms with Crippen LogP contribution in [0.5, 0.6) is 0 Å². The number of aliphatic hydroxyl groups is 1. The van der Waals surface area contributed by atoms with Crippen molar-refractivity contribution >= 4 is 15.9 Å². The Morgan fingerprint density at radius 2 is 1.79 bits per heavy atom. The molecule has 19 heavy (non-hydrogen) atoms. The number of likely N-dealkylation sites (N-methyl/N-ethyl adjacent to an activating group) is 1. The SMILES string of the molecule is C=C(/C=C(Br)\C=C/C)CN(CC)CCO.CC.CC. The van der Waals surface area contributed by atoms with Crippen LogP contribution >= 0.6 is 15.9 Å². The number of hydrogen-bond acceptors (Lipinski definition) is 2. The van der Waals surface area contributed by atoms with E-state index in [1.54, 1.807) is 0 Å². The molecule has 1 N–H and O–H groups in total. The second-order valence-corrected chi connectivity index (χ2v) is 4.20. The zero-order valence-corrected chi connectivity index (χ0v) is 15.1. The molecule has 0 saturated carbocycles. The number of nitrogens with zero attached hydrogens (tertiary/aromatic N) is 1. The lowest BCUT2D eigenvalue weighted by atomic mass is 10.2. The lowest BCUT2D eigenvalue weighted by molar-refractivity contribution is 0.213. The smallest absolute Gasteiger partial charge is 0.0558 e. The van der Waals surface area contributed by atoms with Crippen molar-refractivity contribution in [2.75, 3.05) is 26.2 Å². The second kappa shape index (κ2) is 19.9. The Bertz CT molecular complexity index is 247. The summed E-state index contributed by atoms with van der Waals surface area (Å²) < 4.78 is 1.02. The van der Waals surface area contributed by atoms with Crippen molar-refractivity contribution in [3.8, 4) is 0 Å². The van der Waals surface area contributed by atoms with Crippen LogP contribution in [0.2, 0.25) is 0 Å². The molecular weight excluding hydrogens is 302 g/mol. The van der Waals surface area contributed by atoms with Crippen LogP contribution in [0.25, 0.3) is 0 Å². The van der Waals surface area contributed by atoms with E-state index in [9.17, 15) is 0 Å². The van der Waals surface area contributed by atoms with Crippen LogP contribution in [0.1, 0.15) is 41.5 Å². The van der Waals surface area contributed by atoms with Crippen LogP contribution in [0, 0.1) is 0 Å². The molecule has 2 nitrogen and oxygen atoms in total. The molecule has 0 atom stereocenters. The molecule has 0 aromatic heterocycles. The van der Waals surface area contributed by atoms with Gasteiger partial charge in [-0.3, -0.25) is 4.90 Å². The zero-order chi connectivity index (χ0) is 15.7. The first-order valence-corrected chi connectivity index (χ1v) is 7.94. The summed E-state index contributed by atoms with van der Waals surface area (Å²) in [5.41, 5.74) is 1.04. The van der Waals surface area contributed by atoms with Gasteiger partial charge in [-0.15, -0.1) is 0 Å². The number of hydrogen-bond donors (Lipinski definition) is 1. The van der Waals surface area contributed by atoms with Gasteiger partial charge in [-0.05, 0) is 25.1 Å². The van der Waals surface area contributed by atoms with Gasteiger partial charge >= 0.3 is 0 Å². The Balaban J connectivity index is -0.000000579. The van der Waals surface area contributed by atoms with E-state index >= 15 is 0 Å². The topological polar surface area (TPSA) is 23.5 Å². The predicted octanol–water partition coefficient (Wildman–Crippen LogP) is 4.76. The highest BCUT2D eigenvalue weighted by Gasteiger charge is 2.01. The average Bonchev–Trinajstić information content (AvgIpc) is 2.42. The molecule has 3 heteroatoms. The minimum absolute atomic E-state index is 0.195. The van der Waals surface area contributed by atoms with Crippen molar-refractivity contribution in [1.82, 2.24) is 4.90 Å². The summed E-state index contributed by atoms with van der Waals surface area (Å²) in [6.45, 7) is 18.6. The number of allylic oxidation sites excluding steroid dienone is 3. The lowest BCUT2D eigenvalue weighted by Gasteiger charge is -2.19. The Hall–Kier alpha value is -0.380. The van der Waals surface area contributed by atoms with Gasteiger partial charge in [-0.1, -0.05) is 69.3 Å². The van der Waals surface area contributed by atoms with Gasteiger partial charge in [0.05, 0.1) is 6.61 Å². The van der Waals surface area contributed by atoms with Gasteiger partial charge in [0.25, 0.3) is 0 Å². The molecule has 0 aromatic carbocycles. The Kier molecular flexibility index (Phi) is 24.9. The maximum Gasteiger partial charge on any atom is 0.0558 e. The Labute approximate surface area is 129 Å². The summed E-state index contributed by atoms with van der Waals surface area (Å²) in [6, 6.07) is 0. The van der Waals surface area contributed by atoms with Gasteiger partial charge < -0.3 is 5.11 Å². The molecule has 0 unspecified atom stereocenters. The van der Waals surface area contributed by atoms with Crippen molar-refractivity contribution in [3.63, 3.8) is 0 Å². The van der Waals surface area contributed by atoms with Gasteiger partial charge in [0.2, 0.25) is 0 Å². The predicted molar refractivity (Wildman–Crippen MR) is 92.9 cm³/mol. The van der Waals surface area contributed by atoms with Crippen LogP contribution in [-0.2, 0) is 0 Å². The van der Waals surface area contributed by atoms with E-state index in [-0.39, 0.29) is 6.61 Å².